The summed E-state index contributed by atoms with van der Waals surface area (Å²) in [6.07, 6.45) is 3.80. The topological polar surface area (TPSA) is 23.5 Å². The molecule has 1 fully saturated rings. The van der Waals surface area contributed by atoms with E-state index in [0.29, 0.717) is 12.0 Å². The largest absolute Gasteiger partial charge is 0.392 e. The van der Waals surface area contributed by atoms with Crippen molar-refractivity contribution in [2.24, 2.45) is 5.92 Å². The highest BCUT2D eigenvalue weighted by molar-refractivity contribution is 4.76. The van der Waals surface area contributed by atoms with Crippen LogP contribution in [0.25, 0.3) is 0 Å². The van der Waals surface area contributed by atoms with Gasteiger partial charge in [-0.3, -0.25) is 4.90 Å². The molecular weight excluding hydrogens is 162 g/mol. The molecule has 13 heavy (non-hydrogen) atoms. The maximum absolute atomic E-state index is 9.75. The predicted molar refractivity (Wildman–Crippen MR) is 55.7 cm³/mol. The first-order valence-electron chi connectivity index (χ1n) is 5.53. The van der Waals surface area contributed by atoms with Crippen LogP contribution in [-0.2, 0) is 0 Å². The van der Waals surface area contributed by atoms with Crippen LogP contribution in [0.1, 0.15) is 40.0 Å². The fourth-order valence-electron chi connectivity index (χ4n) is 1.88. The Hall–Kier alpha value is -0.0800. The molecule has 1 aliphatic heterocycles. The van der Waals surface area contributed by atoms with Gasteiger partial charge in [0, 0.05) is 12.6 Å². The third kappa shape index (κ3) is 3.28. The van der Waals surface area contributed by atoms with Gasteiger partial charge in [-0.2, -0.15) is 0 Å². The van der Waals surface area contributed by atoms with Crippen molar-refractivity contribution in [1.29, 1.82) is 0 Å². The zero-order valence-electron chi connectivity index (χ0n) is 9.16. The molecule has 2 atom stereocenters. The number of aliphatic hydroxyl groups excluding tert-OH is 1. The van der Waals surface area contributed by atoms with Gasteiger partial charge in [0.15, 0.2) is 0 Å². The maximum Gasteiger partial charge on any atom is 0.0690 e. The molecule has 0 aromatic rings. The zero-order valence-corrected chi connectivity index (χ0v) is 9.16. The van der Waals surface area contributed by atoms with E-state index in [1.165, 1.54) is 25.8 Å². The lowest BCUT2D eigenvalue weighted by molar-refractivity contribution is 0.0476. The van der Waals surface area contributed by atoms with Crippen LogP contribution in [0.15, 0.2) is 0 Å². The number of hydrogen-bond acceptors (Lipinski definition) is 2. The summed E-state index contributed by atoms with van der Waals surface area (Å²) in [5.74, 6) is 0.383. The monoisotopic (exact) mass is 185 g/mol. The quantitative estimate of drug-likeness (QED) is 0.725. The molecule has 0 aromatic carbocycles. The lowest BCUT2D eigenvalue weighted by Crippen LogP contribution is -2.43. The lowest BCUT2D eigenvalue weighted by Gasteiger charge is -2.35. The van der Waals surface area contributed by atoms with Gasteiger partial charge >= 0.3 is 0 Å². The van der Waals surface area contributed by atoms with E-state index in [1.54, 1.807) is 0 Å². The summed E-state index contributed by atoms with van der Waals surface area (Å²) in [4.78, 5) is 2.42. The Morgan fingerprint density at radius 1 is 1.38 bits per heavy atom. The minimum Gasteiger partial charge on any atom is -0.392 e. The first kappa shape index (κ1) is 11.0. The van der Waals surface area contributed by atoms with Gasteiger partial charge in [-0.1, -0.05) is 20.3 Å². The highest BCUT2D eigenvalue weighted by Gasteiger charge is 2.21. The Balaban J connectivity index is 2.33. The van der Waals surface area contributed by atoms with Gasteiger partial charge in [-0.25, -0.2) is 0 Å². The molecule has 1 aliphatic rings. The average molecular weight is 185 g/mol. The summed E-state index contributed by atoms with van der Waals surface area (Å²) >= 11 is 0. The molecule has 2 heteroatoms. The summed E-state index contributed by atoms with van der Waals surface area (Å²) in [6, 6.07) is 0.669. The highest BCUT2D eigenvalue weighted by Crippen LogP contribution is 2.17. The Kier molecular flexibility index (Phi) is 4.20. The molecule has 1 rings (SSSR count). The van der Waals surface area contributed by atoms with Crippen molar-refractivity contribution in [3.63, 3.8) is 0 Å². The first-order valence-corrected chi connectivity index (χ1v) is 5.53. The molecule has 0 amide bonds. The molecule has 2 nitrogen and oxygen atoms in total. The van der Waals surface area contributed by atoms with Gasteiger partial charge in [-0.15, -0.1) is 0 Å². The van der Waals surface area contributed by atoms with Crippen molar-refractivity contribution < 1.29 is 5.11 Å². The number of rotatable bonds is 3. The summed E-state index contributed by atoms with van der Waals surface area (Å²) in [7, 11) is 0. The maximum atomic E-state index is 9.75. The van der Waals surface area contributed by atoms with Crippen LogP contribution in [0.3, 0.4) is 0 Å². The van der Waals surface area contributed by atoms with Crippen LogP contribution in [0, 0.1) is 5.92 Å². The van der Waals surface area contributed by atoms with Crippen LogP contribution in [0.2, 0.25) is 0 Å². The molecule has 1 N–H and O–H groups in total. The molecular formula is C11H23NO. The molecule has 0 aromatic heterocycles. The van der Waals surface area contributed by atoms with Gasteiger partial charge in [0.25, 0.3) is 0 Å². The van der Waals surface area contributed by atoms with Crippen molar-refractivity contribution in [2.75, 3.05) is 13.1 Å². The van der Waals surface area contributed by atoms with E-state index in [4.69, 9.17) is 0 Å². The van der Waals surface area contributed by atoms with Crippen molar-refractivity contribution in [3.05, 3.63) is 0 Å². The normalized spacial score (nSPS) is 27.9. The molecule has 0 aliphatic carbocycles. The minimum absolute atomic E-state index is 0.152. The summed E-state index contributed by atoms with van der Waals surface area (Å²) in [6.45, 7) is 8.47. The van der Waals surface area contributed by atoms with E-state index in [1.807, 2.05) is 0 Å². The fraction of sp³-hybridized carbons (Fsp3) is 1.00. The van der Waals surface area contributed by atoms with Crippen LogP contribution in [-0.4, -0.2) is 35.2 Å². The third-order valence-electron chi connectivity index (χ3n) is 3.13. The number of aliphatic hydroxyl groups is 1. The van der Waals surface area contributed by atoms with Gasteiger partial charge < -0.3 is 5.11 Å². The number of nitrogens with zero attached hydrogens (tertiary/aromatic N) is 1. The smallest absolute Gasteiger partial charge is 0.0690 e. The molecule has 2 unspecified atom stereocenters. The van der Waals surface area contributed by atoms with E-state index in [2.05, 4.69) is 25.7 Å². The average Bonchev–Trinajstić information content (AvgIpc) is 2.08. The highest BCUT2D eigenvalue weighted by atomic mass is 16.3. The minimum atomic E-state index is -0.152. The molecule has 0 bridgehead atoms. The van der Waals surface area contributed by atoms with Gasteiger partial charge in [0.2, 0.25) is 0 Å². The molecule has 1 saturated heterocycles. The number of β-amino-alcohol motifs (C(OH)–C–C–N with tert-alkyl or cyclic N) is 1. The second kappa shape index (κ2) is 4.97. The number of hydrogen-bond donors (Lipinski definition) is 1. The van der Waals surface area contributed by atoms with E-state index in [-0.39, 0.29) is 6.10 Å². The third-order valence-corrected chi connectivity index (χ3v) is 3.13. The van der Waals surface area contributed by atoms with E-state index >= 15 is 0 Å². The molecule has 0 spiro atoms. The van der Waals surface area contributed by atoms with E-state index in [9.17, 15) is 5.11 Å². The first-order chi connectivity index (χ1) is 6.11. The SMILES string of the molecule is CC(C)C(O)CN1CCCCC1C. The summed E-state index contributed by atoms with van der Waals surface area (Å²) < 4.78 is 0. The van der Waals surface area contributed by atoms with Crippen molar-refractivity contribution in [1.82, 2.24) is 4.90 Å². The Morgan fingerprint density at radius 3 is 2.62 bits per heavy atom. The Morgan fingerprint density at radius 2 is 2.08 bits per heavy atom. The van der Waals surface area contributed by atoms with E-state index in [0.717, 1.165) is 6.54 Å². The van der Waals surface area contributed by atoms with Gasteiger partial charge in [0.05, 0.1) is 6.10 Å². The number of piperidine rings is 1. The second-order valence-electron chi connectivity index (χ2n) is 4.65. The van der Waals surface area contributed by atoms with Crippen LogP contribution >= 0.6 is 0 Å². The van der Waals surface area contributed by atoms with Crippen LogP contribution in [0.4, 0.5) is 0 Å². The standard InChI is InChI=1S/C11H23NO/c1-9(2)11(13)8-12-7-5-4-6-10(12)3/h9-11,13H,4-8H2,1-3H3. The number of likely N-dealkylation sites (tertiary alicyclic amines) is 1. The van der Waals surface area contributed by atoms with Crippen LogP contribution in [0.5, 0.6) is 0 Å². The lowest BCUT2D eigenvalue weighted by atomic mass is 10.0. The molecule has 0 radical (unpaired) electrons. The molecule has 1 heterocycles. The Bertz CT molecular complexity index is 147. The van der Waals surface area contributed by atoms with E-state index < -0.39 is 0 Å². The van der Waals surface area contributed by atoms with Crippen molar-refractivity contribution in [3.8, 4) is 0 Å². The van der Waals surface area contributed by atoms with Crippen molar-refractivity contribution in [2.45, 2.75) is 52.2 Å². The van der Waals surface area contributed by atoms with Gasteiger partial charge in [0.1, 0.15) is 0 Å². The van der Waals surface area contributed by atoms with Crippen LogP contribution < -0.4 is 0 Å². The summed E-state index contributed by atoms with van der Waals surface area (Å²) in [5, 5.41) is 9.75. The molecule has 78 valence electrons. The predicted octanol–water partition coefficient (Wildman–Crippen LogP) is 1.88. The second-order valence-corrected chi connectivity index (χ2v) is 4.65. The zero-order chi connectivity index (χ0) is 9.84. The van der Waals surface area contributed by atoms with Crippen molar-refractivity contribution >= 4 is 0 Å². The summed E-state index contributed by atoms with van der Waals surface area (Å²) in [5.41, 5.74) is 0. The van der Waals surface area contributed by atoms with Gasteiger partial charge in [-0.05, 0) is 32.2 Å². The Labute approximate surface area is 81.9 Å². The molecule has 0 saturated carbocycles. The fourth-order valence-corrected chi connectivity index (χ4v) is 1.88.